The Hall–Kier alpha value is -3.27. The molecule has 1 unspecified atom stereocenters. The number of carbonyl (C=O) groups is 3. The lowest BCUT2D eigenvalue weighted by Crippen LogP contribution is -2.51. The fourth-order valence-corrected chi connectivity index (χ4v) is 3.72. The second-order valence-electron chi connectivity index (χ2n) is 6.37. The highest BCUT2D eigenvalue weighted by atomic mass is 32.1. The number of thiazole rings is 1. The van der Waals surface area contributed by atoms with Gasteiger partial charge in [-0.05, 0) is 25.5 Å². The van der Waals surface area contributed by atoms with Gasteiger partial charge in [-0.25, -0.2) is 14.6 Å². The van der Waals surface area contributed by atoms with Gasteiger partial charge in [0.15, 0.2) is 0 Å². The maximum absolute atomic E-state index is 12.3. The van der Waals surface area contributed by atoms with Crippen LogP contribution in [0.3, 0.4) is 0 Å². The Balaban J connectivity index is 1.66. The zero-order valence-corrected chi connectivity index (χ0v) is 17.5. The van der Waals surface area contributed by atoms with Gasteiger partial charge in [0.2, 0.25) is 0 Å². The molecule has 0 radical (unpaired) electrons. The lowest BCUT2D eigenvalue weighted by Gasteiger charge is -2.28. The third kappa shape index (κ3) is 5.20. The molecule has 30 heavy (non-hydrogen) atoms. The molecular formula is C20H22N4O5S. The first-order chi connectivity index (χ1) is 14.5. The molecule has 2 aromatic rings. The van der Waals surface area contributed by atoms with E-state index in [0.717, 1.165) is 5.69 Å². The van der Waals surface area contributed by atoms with Crippen molar-refractivity contribution in [3.05, 3.63) is 46.7 Å². The van der Waals surface area contributed by atoms with E-state index in [1.165, 1.54) is 11.3 Å². The van der Waals surface area contributed by atoms with Gasteiger partial charge in [0.25, 0.3) is 0 Å². The summed E-state index contributed by atoms with van der Waals surface area (Å²) >= 11 is 1.39. The van der Waals surface area contributed by atoms with E-state index in [-0.39, 0.29) is 30.9 Å². The summed E-state index contributed by atoms with van der Waals surface area (Å²) in [5.41, 5.74) is 1.78. The molecular weight excluding hydrogens is 408 g/mol. The van der Waals surface area contributed by atoms with Gasteiger partial charge < -0.3 is 20.1 Å². The Bertz CT molecular complexity index is 957. The summed E-state index contributed by atoms with van der Waals surface area (Å²) in [4.78, 5) is 45.2. The predicted molar refractivity (Wildman–Crippen MR) is 109 cm³/mol. The number of urea groups is 1. The van der Waals surface area contributed by atoms with Crippen LogP contribution < -0.4 is 10.6 Å². The van der Waals surface area contributed by atoms with E-state index in [1.54, 1.807) is 18.5 Å². The Morgan fingerprint density at radius 3 is 2.77 bits per heavy atom. The maximum atomic E-state index is 12.3. The molecule has 1 aliphatic heterocycles. The second kappa shape index (κ2) is 9.97. The molecule has 2 N–H and O–H groups in total. The highest BCUT2D eigenvalue weighted by Gasteiger charge is 2.32. The number of rotatable bonds is 8. The van der Waals surface area contributed by atoms with Crippen molar-refractivity contribution in [1.82, 2.24) is 20.6 Å². The van der Waals surface area contributed by atoms with Crippen molar-refractivity contribution in [3.63, 3.8) is 0 Å². The van der Waals surface area contributed by atoms with Crippen molar-refractivity contribution in [2.45, 2.75) is 32.7 Å². The monoisotopic (exact) mass is 430 g/mol. The van der Waals surface area contributed by atoms with Crippen LogP contribution >= 0.6 is 11.3 Å². The van der Waals surface area contributed by atoms with Crippen LogP contribution in [0.15, 0.2) is 41.0 Å². The van der Waals surface area contributed by atoms with E-state index in [0.29, 0.717) is 17.1 Å². The molecule has 3 heterocycles. The van der Waals surface area contributed by atoms with Gasteiger partial charge in [-0.15, -0.1) is 11.3 Å². The first-order valence-corrected chi connectivity index (χ1v) is 10.4. The van der Waals surface area contributed by atoms with Crippen LogP contribution in [0.5, 0.6) is 0 Å². The van der Waals surface area contributed by atoms with Crippen LogP contribution in [-0.2, 0) is 25.5 Å². The third-order valence-corrected chi connectivity index (χ3v) is 5.20. The fraction of sp³-hybridized carbons (Fsp3) is 0.350. The average molecular weight is 430 g/mol. The zero-order chi connectivity index (χ0) is 21.5. The molecule has 3 rings (SSSR count). The maximum Gasteiger partial charge on any atom is 0.338 e. The van der Waals surface area contributed by atoms with Crippen molar-refractivity contribution < 1.29 is 23.9 Å². The number of hydrogen-bond acceptors (Lipinski definition) is 8. The topological polar surface area (TPSA) is 120 Å². The Labute approximate surface area is 177 Å². The standard InChI is InChI=1S/C20H22N4O5S/c1-3-13-17(19(26)28-4-2)15(24-20(27)23-13)10-29-16(25)9-12-11-30-18(22-12)14-7-5-6-8-21-14/h5-8,11,13H,3-4,9-10H2,1-2H3,(H2,23,24,27). The quantitative estimate of drug-likeness (QED) is 0.616. The fourth-order valence-electron chi connectivity index (χ4n) is 2.92. The minimum absolute atomic E-state index is 0.0330. The van der Waals surface area contributed by atoms with Gasteiger partial charge in [0.1, 0.15) is 11.6 Å². The van der Waals surface area contributed by atoms with Crippen molar-refractivity contribution in [1.29, 1.82) is 0 Å². The molecule has 2 amide bonds. The first-order valence-electron chi connectivity index (χ1n) is 9.50. The van der Waals surface area contributed by atoms with Crippen molar-refractivity contribution in [2.24, 2.45) is 0 Å². The highest BCUT2D eigenvalue weighted by molar-refractivity contribution is 7.13. The van der Waals surface area contributed by atoms with Gasteiger partial charge in [0, 0.05) is 11.6 Å². The Kier molecular flexibility index (Phi) is 7.12. The summed E-state index contributed by atoms with van der Waals surface area (Å²) < 4.78 is 10.4. The number of pyridine rings is 1. The molecule has 0 aromatic carbocycles. The van der Waals surface area contributed by atoms with E-state index in [1.807, 2.05) is 25.1 Å². The number of esters is 2. The van der Waals surface area contributed by atoms with Gasteiger partial charge in [-0.3, -0.25) is 9.78 Å². The molecule has 0 fully saturated rings. The highest BCUT2D eigenvalue weighted by Crippen LogP contribution is 2.22. The van der Waals surface area contributed by atoms with Gasteiger partial charge >= 0.3 is 18.0 Å². The number of amides is 2. The van der Waals surface area contributed by atoms with E-state index < -0.39 is 24.0 Å². The van der Waals surface area contributed by atoms with Gasteiger partial charge in [-0.2, -0.15) is 0 Å². The number of aromatic nitrogens is 2. The first kappa shape index (κ1) is 21.4. The lowest BCUT2D eigenvalue weighted by atomic mass is 10.0. The normalized spacial score (nSPS) is 15.9. The van der Waals surface area contributed by atoms with Crippen molar-refractivity contribution >= 4 is 29.3 Å². The predicted octanol–water partition coefficient (Wildman–Crippen LogP) is 2.20. The lowest BCUT2D eigenvalue weighted by molar-refractivity contribution is -0.143. The average Bonchev–Trinajstić information content (AvgIpc) is 3.21. The summed E-state index contributed by atoms with van der Waals surface area (Å²) in [6.07, 6.45) is 2.14. The smallest absolute Gasteiger partial charge is 0.338 e. The van der Waals surface area contributed by atoms with Gasteiger partial charge in [-0.1, -0.05) is 13.0 Å². The van der Waals surface area contributed by atoms with Crippen LogP contribution in [0.2, 0.25) is 0 Å². The van der Waals surface area contributed by atoms with Crippen molar-refractivity contribution in [3.8, 4) is 10.7 Å². The Morgan fingerprint density at radius 1 is 1.23 bits per heavy atom. The minimum Gasteiger partial charge on any atom is -0.463 e. The molecule has 158 valence electrons. The van der Waals surface area contributed by atoms with Crippen LogP contribution in [0.4, 0.5) is 4.79 Å². The number of nitrogens with one attached hydrogen (secondary N) is 2. The zero-order valence-electron chi connectivity index (χ0n) is 16.6. The summed E-state index contributed by atoms with van der Waals surface area (Å²) in [5, 5.41) is 7.69. The second-order valence-corrected chi connectivity index (χ2v) is 7.23. The molecule has 1 atom stereocenters. The number of hydrogen-bond donors (Lipinski definition) is 2. The van der Waals surface area contributed by atoms with E-state index in [2.05, 4.69) is 20.6 Å². The summed E-state index contributed by atoms with van der Waals surface area (Å²) in [7, 11) is 0. The molecule has 0 aliphatic carbocycles. The third-order valence-electron chi connectivity index (χ3n) is 4.29. The van der Waals surface area contributed by atoms with Crippen LogP contribution in [0.25, 0.3) is 10.7 Å². The SMILES string of the molecule is CCOC(=O)C1=C(COC(=O)Cc2csc(-c3ccccn3)n2)NC(=O)NC1CC. The molecule has 10 heteroatoms. The van der Waals surface area contributed by atoms with Crippen LogP contribution in [0.1, 0.15) is 26.0 Å². The van der Waals surface area contributed by atoms with Gasteiger partial charge in [0.05, 0.1) is 41.7 Å². The molecule has 2 aromatic heterocycles. The van der Waals surface area contributed by atoms with E-state index in [4.69, 9.17) is 9.47 Å². The van der Waals surface area contributed by atoms with E-state index in [9.17, 15) is 14.4 Å². The number of carbonyl (C=O) groups excluding carboxylic acids is 3. The van der Waals surface area contributed by atoms with Crippen molar-refractivity contribution in [2.75, 3.05) is 13.2 Å². The van der Waals surface area contributed by atoms with Crippen LogP contribution in [-0.4, -0.2) is 47.2 Å². The molecule has 0 bridgehead atoms. The number of ether oxygens (including phenoxy) is 2. The minimum atomic E-state index is -0.553. The number of nitrogens with zero attached hydrogens (tertiary/aromatic N) is 2. The summed E-state index contributed by atoms with van der Waals surface area (Å²) in [5.74, 6) is -1.08. The Morgan fingerprint density at radius 2 is 2.07 bits per heavy atom. The summed E-state index contributed by atoms with van der Waals surface area (Å²) in [6, 6.07) is 4.56. The molecule has 0 saturated carbocycles. The molecule has 0 saturated heterocycles. The summed E-state index contributed by atoms with van der Waals surface area (Å²) in [6.45, 7) is 3.48. The molecule has 9 nitrogen and oxygen atoms in total. The van der Waals surface area contributed by atoms with Crippen LogP contribution in [0, 0.1) is 0 Å². The molecule has 1 aliphatic rings. The largest absolute Gasteiger partial charge is 0.463 e. The molecule has 0 spiro atoms. The van der Waals surface area contributed by atoms with E-state index >= 15 is 0 Å².